The number of nitrogens with zero attached hydrogens (tertiary/aromatic N) is 5. The van der Waals surface area contributed by atoms with Crippen LogP contribution in [0.25, 0.3) is 22.1 Å². The van der Waals surface area contributed by atoms with Gasteiger partial charge in [0.05, 0.1) is 10.6 Å². The molecule has 1 aromatic carbocycles. The summed E-state index contributed by atoms with van der Waals surface area (Å²) < 4.78 is 7.64. The van der Waals surface area contributed by atoms with Gasteiger partial charge < -0.3 is 10.4 Å². The Morgan fingerprint density at radius 3 is 2.88 bits per heavy atom. The highest BCUT2D eigenvalue weighted by molar-refractivity contribution is 9.10. The number of aromatic nitrogens is 5. The molecule has 7 nitrogen and oxygen atoms in total. The van der Waals surface area contributed by atoms with E-state index in [0.717, 1.165) is 14.9 Å². The lowest BCUT2D eigenvalue weighted by atomic mass is 10.2. The average molecular weight is 435 g/mol. The summed E-state index contributed by atoms with van der Waals surface area (Å²) in [4.78, 5) is 5.35. The number of benzene rings is 1. The molecule has 0 aliphatic carbocycles. The normalized spacial score (nSPS) is 11.1. The molecular formula is C15H11BrN6OS2. The van der Waals surface area contributed by atoms with Gasteiger partial charge in [0.25, 0.3) is 0 Å². The Morgan fingerprint density at radius 1 is 1.20 bits per heavy atom. The van der Waals surface area contributed by atoms with Crippen LogP contribution >= 0.6 is 39.0 Å². The van der Waals surface area contributed by atoms with Crippen molar-refractivity contribution in [3.05, 3.63) is 52.1 Å². The van der Waals surface area contributed by atoms with Crippen molar-refractivity contribution in [1.82, 2.24) is 25.0 Å². The zero-order valence-electron chi connectivity index (χ0n) is 12.7. The van der Waals surface area contributed by atoms with E-state index in [1.807, 2.05) is 41.8 Å². The summed E-state index contributed by atoms with van der Waals surface area (Å²) >= 11 is 6.45. The van der Waals surface area contributed by atoms with Gasteiger partial charge in [0.2, 0.25) is 16.9 Å². The maximum atomic E-state index is 6.14. The molecule has 2 N–H and O–H groups in total. The Kier molecular flexibility index (Phi) is 4.55. The average Bonchev–Trinajstić information content (AvgIpc) is 3.35. The Balaban J connectivity index is 1.50. The first-order chi connectivity index (χ1) is 12.2. The molecule has 4 aromatic rings. The summed E-state index contributed by atoms with van der Waals surface area (Å²) in [5.74, 6) is 8.29. The van der Waals surface area contributed by atoms with E-state index >= 15 is 0 Å². The molecule has 0 fully saturated rings. The minimum Gasteiger partial charge on any atom is -0.338 e. The zero-order valence-corrected chi connectivity index (χ0v) is 15.9. The van der Waals surface area contributed by atoms with Gasteiger partial charge in [0.1, 0.15) is 0 Å². The van der Waals surface area contributed by atoms with E-state index in [1.54, 1.807) is 11.3 Å². The minimum absolute atomic E-state index is 0.462. The molecule has 4 rings (SSSR count). The summed E-state index contributed by atoms with van der Waals surface area (Å²) in [6.45, 7) is 0. The second-order valence-electron chi connectivity index (χ2n) is 4.93. The van der Waals surface area contributed by atoms with Crippen LogP contribution in [0.5, 0.6) is 0 Å². The fourth-order valence-electron chi connectivity index (χ4n) is 2.15. The molecule has 0 bridgehead atoms. The van der Waals surface area contributed by atoms with Gasteiger partial charge in [-0.25, -0.2) is 4.68 Å². The summed E-state index contributed by atoms with van der Waals surface area (Å²) in [6, 6.07) is 11.6. The first kappa shape index (κ1) is 16.3. The van der Waals surface area contributed by atoms with Gasteiger partial charge in [0, 0.05) is 10.0 Å². The second kappa shape index (κ2) is 6.98. The SMILES string of the molecule is Nn1c(SCc2nc(-c3cccs3)no2)nnc1-c1ccccc1Br. The van der Waals surface area contributed by atoms with Crippen LogP contribution in [0.1, 0.15) is 5.89 Å². The van der Waals surface area contributed by atoms with Gasteiger partial charge in [-0.3, -0.25) is 0 Å². The molecule has 0 saturated carbocycles. The van der Waals surface area contributed by atoms with Crippen LogP contribution in [0.3, 0.4) is 0 Å². The Morgan fingerprint density at radius 2 is 2.08 bits per heavy atom. The summed E-state index contributed by atoms with van der Waals surface area (Å²) in [5.41, 5.74) is 0.877. The lowest BCUT2D eigenvalue weighted by Crippen LogP contribution is -2.11. The molecule has 0 saturated heterocycles. The van der Waals surface area contributed by atoms with E-state index in [2.05, 4.69) is 36.3 Å². The van der Waals surface area contributed by atoms with Crippen LogP contribution < -0.4 is 5.84 Å². The molecule has 0 amide bonds. The van der Waals surface area contributed by atoms with Gasteiger partial charge in [-0.2, -0.15) is 4.98 Å². The lowest BCUT2D eigenvalue weighted by molar-refractivity contribution is 0.391. The van der Waals surface area contributed by atoms with Crippen molar-refractivity contribution in [2.75, 3.05) is 5.84 Å². The van der Waals surface area contributed by atoms with E-state index < -0.39 is 0 Å². The number of thiophene rings is 1. The van der Waals surface area contributed by atoms with Gasteiger partial charge in [-0.15, -0.1) is 21.5 Å². The predicted molar refractivity (Wildman–Crippen MR) is 100 cm³/mol. The fourth-order valence-corrected chi connectivity index (χ4v) is 3.95. The third kappa shape index (κ3) is 3.32. The van der Waals surface area contributed by atoms with Crippen LogP contribution in [0.2, 0.25) is 0 Å². The summed E-state index contributed by atoms with van der Waals surface area (Å²) in [6.07, 6.45) is 0. The highest BCUT2D eigenvalue weighted by Crippen LogP contribution is 2.29. The highest BCUT2D eigenvalue weighted by Gasteiger charge is 2.16. The Labute approximate surface area is 159 Å². The maximum absolute atomic E-state index is 6.14. The molecule has 3 aromatic heterocycles. The highest BCUT2D eigenvalue weighted by atomic mass is 79.9. The number of halogens is 1. The number of nitrogens with two attached hydrogens (primary N) is 1. The molecule has 10 heteroatoms. The van der Waals surface area contributed by atoms with Crippen molar-refractivity contribution >= 4 is 39.0 Å². The third-order valence-corrected chi connectivity index (χ3v) is 5.80. The van der Waals surface area contributed by atoms with Crippen molar-refractivity contribution in [3.8, 4) is 22.1 Å². The molecule has 3 heterocycles. The van der Waals surface area contributed by atoms with Crippen LogP contribution in [0.4, 0.5) is 0 Å². The number of hydrogen-bond donors (Lipinski definition) is 1. The van der Waals surface area contributed by atoms with Gasteiger partial charge in [-0.1, -0.05) is 51.0 Å². The van der Waals surface area contributed by atoms with Crippen molar-refractivity contribution in [3.63, 3.8) is 0 Å². The standard InChI is InChI=1S/C15H11BrN6OS2/c16-10-5-2-1-4-9(10)14-19-20-15(22(14)17)25-8-12-18-13(21-23-12)11-6-3-7-24-11/h1-7H,8,17H2. The number of rotatable bonds is 5. The molecule has 0 unspecified atom stereocenters. The van der Waals surface area contributed by atoms with Gasteiger partial charge in [-0.05, 0) is 23.6 Å². The van der Waals surface area contributed by atoms with Crippen molar-refractivity contribution in [2.45, 2.75) is 10.9 Å². The molecule has 0 spiro atoms. The largest absolute Gasteiger partial charge is 0.338 e. The van der Waals surface area contributed by atoms with Crippen LogP contribution in [0.15, 0.2) is 55.9 Å². The van der Waals surface area contributed by atoms with E-state index in [0.29, 0.717) is 28.4 Å². The van der Waals surface area contributed by atoms with Crippen LogP contribution in [-0.4, -0.2) is 25.0 Å². The van der Waals surface area contributed by atoms with E-state index in [-0.39, 0.29) is 0 Å². The first-order valence-corrected chi connectivity index (χ1v) is 9.83. The predicted octanol–water partition coefficient (Wildman–Crippen LogP) is 3.83. The van der Waals surface area contributed by atoms with Crippen LogP contribution in [0, 0.1) is 0 Å². The Hall–Kier alpha value is -2.17. The molecule has 126 valence electrons. The Bertz CT molecular complexity index is 997. The zero-order chi connectivity index (χ0) is 17.2. The maximum Gasteiger partial charge on any atom is 0.237 e. The summed E-state index contributed by atoms with van der Waals surface area (Å²) in [7, 11) is 0. The molecule has 0 aliphatic heterocycles. The quantitative estimate of drug-likeness (QED) is 0.376. The number of hydrogen-bond acceptors (Lipinski definition) is 8. The molecular weight excluding hydrogens is 424 g/mol. The van der Waals surface area contributed by atoms with E-state index in [9.17, 15) is 0 Å². The van der Waals surface area contributed by atoms with Gasteiger partial charge in [0.15, 0.2) is 5.82 Å². The van der Waals surface area contributed by atoms with Crippen molar-refractivity contribution in [1.29, 1.82) is 0 Å². The second-order valence-corrected chi connectivity index (χ2v) is 7.68. The molecule has 25 heavy (non-hydrogen) atoms. The lowest BCUT2D eigenvalue weighted by Gasteiger charge is -2.04. The first-order valence-electron chi connectivity index (χ1n) is 7.17. The van der Waals surface area contributed by atoms with E-state index in [4.69, 9.17) is 10.4 Å². The molecule has 0 atom stereocenters. The topological polar surface area (TPSA) is 95.7 Å². The van der Waals surface area contributed by atoms with Crippen molar-refractivity contribution < 1.29 is 4.52 Å². The third-order valence-electron chi connectivity index (χ3n) is 3.31. The monoisotopic (exact) mass is 434 g/mol. The smallest absolute Gasteiger partial charge is 0.237 e. The number of thioether (sulfide) groups is 1. The van der Waals surface area contributed by atoms with E-state index in [1.165, 1.54) is 16.4 Å². The molecule has 0 radical (unpaired) electrons. The van der Waals surface area contributed by atoms with Gasteiger partial charge >= 0.3 is 0 Å². The van der Waals surface area contributed by atoms with Crippen LogP contribution in [-0.2, 0) is 5.75 Å². The summed E-state index contributed by atoms with van der Waals surface area (Å²) in [5, 5.41) is 14.9. The number of nitrogen functional groups attached to an aromatic ring is 1. The molecule has 0 aliphatic rings. The van der Waals surface area contributed by atoms with Crippen molar-refractivity contribution in [2.24, 2.45) is 0 Å². The fraction of sp³-hybridized carbons (Fsp3) is 0.0667. The minimum atomic E-state index is 0.462.